The van der Waals surface area contributed by atoms with Gasteiger partial charge in [-0.15, -0.1) is 20.4 Å². The fraction of sp³-hybridized carbons (Fsp3) is 0.500. The first kappa shape index (κ1) is 20.5. The SMILES string of the molecule is CC(C)n1nnc(-c2cnn(C)c2SSc2c(-c3nnn(C(C)C)n3)cnn2C)n1. The molecule has 4 heterocycles. The zero-order valence-corrected chi connectivity index (χ0v) is 19.1. The van der Waals surface area contributed by atoms with Crippen molar-refractivity contribution in [3.8, 4) is 22.8 Å². The van der Waals surface area contributed by atoms with E-state index in [1.165, 1.54) is 0 Å². The zero-order chi connectivity index (χ0) is 21.4. The minimum absolute atomic E-state index is 0.136. The number of hydrogen-bond donors (Lipinski definition) is 0. The van der Waals surface area contributed by atoms with E-state index in [4.69, 9.17) is 0 Å². The average Bonchev–Trinajstić information content (AvgIpc) is 3.46. The molecular formula is C16H22N12S2. The van der Waals surface area contributed by atoms with Gasteiger partial charge in [0.1, 0.15) is 10.1 Å². The van der Waals surface area contributed by atoms with Gasteiger partial charge >= 0.3 is 0 Å². The molecule has 158 valence electrons. The van der Waals surface area contributed by atoms with E-state index < -0.39 is 0 Å². The number of hydrogen-bond acceptors (Lipinski definition) is 10. The summed E-state index contributed by atoms with van der Waals surface area (Å²) in [6.07, 6.45) is 3.51. The van der Waals surface area contributed by atoms with Crippen molar-refractivity contribution in [2.75, 3.05) is 0 Å². The lowest BCUT2D eigenvalue weighted by Gasteiger charge is -2.05. The molecule has 0 saturated heterocycles. The molecule has 0 atom stereocenters. The highest BCUT2D eigenvalue weighted by Crippen LogP contribution is 2.43. The Morgan fingerprint density at radius 2 is 1.10 bits per heavy atom. The monoisotopic (exact) mass is 446 g/mol. The second-order valence-electron chi connectivity index (χ2n) is 7.20. The zero-order valence-electron chi connectivity index (χ0n) is 17.5. The van der Waals surface area contributed by atoms with Crippen LogP contribution in [0.4, 0.5) is 0 Å². The summed E-state index contributed by atoms with van der Waals surface area (Å²) >= 11 is 0. The molecule has 0 spiro atoms. The van der Waals surface area contributed by atoms with Crippen LogP contribution in [-0.2, 0) is 14.1 Å². The third-order valence-corrected chi connectivity index (χ3v) is 6.79. The number of aryl methyl sites for hydroxylation is 2. The quantitative estimate of drug-likeness (QED) is 0.391. The van der Waals surface area contributed by atoms with Crippen molar-refractivity contribution in [3.63, 3.8) is 0 Å². The molecule has 0 unspecified atom stereocenters. The van der Waals surface area contributed by atoms with Crippen molar-refractivity contribution in [2.24, 2.45) is 14.1 Å². The van der Waals surface area contributed by atoms with Crippen LogP contribution >= 0.6 is 21.6 Å². The molecule has 0 aliphatic carbocycles. The molecule has 4 aromatic rings. The second-order valence-corrected chi connectivity index (χ2v) is 9.30. The first-order valence-electron chi connectivity index (χ1n) is 9.33. The molecule has 12 nitrogen and oxygen atoms in total. The van der Waals surface area contributed by atoms with Gasteiger partial charge in [0.2, 0.25) is 11.6 Å². The largest absolute Gasteiger partial charge is 0.260 e. The maximum Gasteiger partial charge on any atom is 0.209 e. The third-order valence-electron chi connectivity index (χ3n) is 4.23. The molecule has 30 heavy (non-hydrogen) atoms. The molecule has 0 saturated carbocycles. The van der Waals surface area contributed by atoms with Crippen molar-refractivity contribution in [2.45, 2.75) is 49.8 Å². The highest BCUT2D eigenvalue weighted by atomic mass is 33.1. The second kappa shape index (κ2) is 8.18. The maximum atomic E-state index is 4.47. The third kappa shape index (κ3) is 3.84. The minimum atomic E-state index is 0.136. The van der Waals surface area contributed by atoms with E-state index in [0.29, 0.717) is 11.6 Å². The van der Waals surface area contributed by atoms with E-state index >= 15 is 0 Å². The summed E-state index contributed by atoms with van der Waals surface area (Å²) in [5.41, 5.74) is 1.66. The Labute approximate surface area is 180 Å². The molecular weight excluding hydrogens is 424 g/mol. The van der Waals surface area contributed by atoms with Gasteiger partial charge in [-0.2, -0.15) is 19.8 Å². The number of tetrazole rings is 2. The van der Waals surface area contributed by atoms with Crippen LogP contribution in [0.1, 0.15) is 39.8 Å². The van der Waals surface area contributed by atoms with Crippen molar-refractivity contribution in [3.05, 3.63) is 12.4 Å². The molecule has 14 heteroatoms. The molecule has 0 radical (unpaired) electrons. The predicted molar refractivity (Wildman–Crippen MR) is 113 cm³/mol. The molecule has 0 aliphatic heterocycles. The van der Waals surface area contributed by atoms with Gasteiger partial charge in [-0.3, -0.25) is 9.36 Å². The van der Waals surface area contributed by atoms with Crippen molar-refractivity contribution < 1.29 is 0 Å². The van der Waals surface area contributed by atoms with Gasteiger partial charge in [-0.05, 0) is 59.7 Å². The van der Waals surface area contributed by atoms with Crippen molar-refractivity contribution >= 4 is 21.6 Å². The van der Waals surface area contributed by atoms with Gasteiger partial charge < -0.3 is 0 Å². The lowest BCUT2D eigenvalue weighted by Crippen LogP contribution is -2.04. The van der Waals surface area contributed by atoms with Gasteiger partial charge in [0, 0.05) is 14.1 Å². The van der Waals surface area contributed by atoms with Gasteiger partial charge in [0.25, 0.3) is 0 Å². The standard InChI is InChI=1S/C16H22N12S2/c1-9(2)27-21-13(19-23-27)11-7-17-25(5)15(11)29-30-16-12(8-18-26(16)6)14-20-24-28(22-14)10(3)4/h7-10H,1-6H3. The smallest absolute Gasteiger partial charge is 0.209 e. The van der Waals surface area contributed by atoms with Crippen molar-refractivity contribution in [1.82, 2.24) is 60.0 Å². The molecule has 4 rings (SSSR count). The van der Waals surface area contributed by atoms with E-state index in [2.05, 4.69) is 41.0 Å². The lowest BCUT2D eigenvalue weighted by atomic mass is 10.3. The van der Waals surface area contributed by atoms with Crippen LogP contribution in [-0.4, -0.2) is 60.0 Å². The van der Waals surface area contributed by atoms with Crippen LogP contribution in [0.15, 0.2) is 22.4 Å². The number of nitrogens with zero attached hydrogens (tertiary/aromatic N) is 12. The summed E-state index contributed by atoms with van der Waals surface area (Å²) in [4.78, 5) is 3.18. The first-order valence-corrected chi connectivity index (χ1v) is 11.5. The van der Waals surface area contributed by atoms with E-state index in [1.807, 2.05) is 41.8 Å². The fourth-order valence-electron chi connectivity index (χ4n) is 2.54. The topological polar surface area (TPSA) is 123 Å². The van der Waals surface area contributed by atoms with Crippen LogP contribution in [0.5, 0.6) is 0 Å². The van der Waals surface area contributed by atoms with E-state index in [1.54, 1.807) is 52.9 Å². The van der Waals surface area contributed by atoms with Crippen LogP contribution in [0.25, 0.3) is 22.8 Å². The first-order chi connectivity index (χ1) is 14.3. The van der Waals surface area contributed by atoms with Crippen LogP contribution in [0, 0.1) is 0 Å². The number of aromatic nitrogens is 12. The van der Waals surface area contributed by atoms with E-state index in [0.717, 1.165) is 21.2 Å². The Kier molecular flexibility index (Phi) is 5.60. The Morgan fingerprint density at radius 1 is 0.700 bits per heavy atom. The lowest BCUT2D eigenvalue weighted by molar-refractivity contribution is 0.455. The summed E-state index contributed by atoms with van der Waals surface area (Å²) in [5.74, 6) is 1.10. The van der Waals surface area contributed by atoms with Crippen molar-refractivity contribution in [1.29, 1.82) is 0 Å². The molecule has 0 amide bonds. The summed E-state index contributed by atoms with van der Waals surface area (Å²) in [7, 11) is 6.86. The Bertz CT molecular complexity index is 1060. The predicted octanol–water partition coefficient (Wildman–Crippen LogP) is 2.42. The Morgan fingerprint density at radius 3 is 1.43 bits per heavy atom. The Hall–Kier alpha value is -2.74. The molecule has 0 N–H and O–H groups in total. The summed E-state index contributed by atoms with van der Waals surface area (Å²) in [6.45, 7) is 8.03. The molecule has 0 aromatic carbocycles. The van der Waals surface area contributed by atoms with Crippen LogP contribution in [0.3, 0.4) is 0 Å². The Balaban J connectivity index is 1.60. The molecule has 0 bridgehead atoms. The summed E-state index contributed by atoms with van der Waals surface area (Å²) < 4.78 is 3.60. The van der Waals surface area contributed by atoms with Crippen LogP contribution < -0.4 is 0 Å². The summed E-state index contributed by atoms with van der Waals surface area (Å²) in [6, 6.07) is 0.273. The highest BCUT2D eigenvalue weighted by molar-refractivity contribution is 8.76. The van der Waals surface area contributed by atoms with Gasteiger partial charge in [0.05, 0.1) is 35.6 Å². The molecule has 4 aromatic heterocycles. The molecule has 0 fully saturated rings. The normalized spacial score (nSPS) is 11.9. The average molecular weight is 447 g/mol. The van der Waals surface area contributed by atoms with Gasteiger partial charge in [-0.25, -0.2) is 0 Å². The maximum absolute atomic E-state index is 4.47. The summed E-state index contributed by atoms with van der Waals surface area (Å²) in [5, 5.41) is 36.1. The number of rotatable bonds is 7. The minimum Gasteiger partial charge on any atom is -0.260 e. The van der Waals surface area contributed by atoms with E-state index in [9.17, 15) is 0 Å². The van der Waals surface area contributed by atoms with Gasteiger partial charge in [0.15, 0.2) is 0 Å². The van der Waals surface area contributed by atoms with Gasteiger partial charge in [-0.1, -0.05) is 0 Å². The van der Waals surface area contributed by atoms with Crippen LogP contribution in [0.2, 0.25) is 0 Å². The van der Waals surface area contributed by atoms with E-state index in [-0.39, 0.29) is 12.1 Å². The highest BCUT2D eigenvalue weighted by Gasteiger charge is 2.21. The molecule has 0 aliphatic rings. The fourth-order valence-corrected chi connectivity index (χ4v) is 5.13.